The van der Waals surface area contributed by atoms with Crippen molar-refractivity contribution in [3.8, 4) is 23.0 Å². The van der Waals surface area contributed by atoms with Gasteiger partial charge in [0, 0.05) is 24.5 Å². The predicted octanol–water partition coefficient (Wildman–Crippen LogP) is 3.76. The number of aromatic nitrogens is 1. The molecule has 2 aromatic carbocycles. The van der Waals surface area contributed by atoms with Crippen molar-refractivity contribution in [3.05, 3.63) is 66.0 Å². The van der Waals surface area contributed by atoms with Crippen molar-refractivity contribution in [3.63, 3.8) is 0 Å². The number of benzene rings is 2. The molecular weight excluding hydrogens is 504 g/mol. The molecule has 1 heterocycles. The molecule has 0 saturated carbocycles. The zero-order valence-corrected chi connectivity index (χ0v) is 22.7. The lowest BCUT2D eigenvalue weighted by Gasteiger charge is -2.23. The van der Waals surface area contributed by atoms with Gasteiger partial charge in [-0.1, -0.05) is 13.8 Å². The van der Waals surface area contributed by atoms with Gasteiger partial charge in [-0.05, 0) is 36.2 Å². The number of rotatable bonds is 11. The molecular formula is C28H32N4O7. The second-order valence-corrected chi connectivity index (χ2v) is 8.69. The predicted molar refractivity (Wildman–Crippen MR) is 146 cm³/mol. The van der Waals surface area contributed by atoms with E-state index < -0.39 is 23.8 Å². The van der Waals surface area contributed by atoms with Crippen LogP contribution in [0.5, 0.6) is 23.0 Å². The fraction of sp³-hybridized carbons (Fsp3) is 0.286. The lowest BCUT2D eigenvalue weighted by molar-refractivity contribution is -0.118. The molecule has 0 aliphatic heterocycles. The van der Waals surface area contributed by atoms with Crippen LogP contribution in [0, 0.1) is 5.92 Å². The Morgan fingerprint density at radius 1 is 0.718 bits per heavy atom. The molecule has 0 bridgehead atoms. The molecule has 0 aliphatic carbocycles. The Kier molecular flexibility index (Phi) is 9.69. The average Bonchev–Trinajstić information content (AvgIpc) is 2.95. The highest BCUT2D eigenvalue weighted by Crippen LogP contribution is 2.30. The van der Waals surface area contributed by atoms with Crippen molar-refractivity contribution in [1.82, 2.24) is 10.3 Å². The summed E-state index contributed by atoms with van der Waals surface area (Å²) in [6.07, 6.45) is 2.68. The standard InChI is InChI=1S/C28H32N4O7/c1-16(2)25(28(35)31-22-10-8-18(37-4)14-24(22)39-6)32-27(34)20-15-29-12-11-19(20)26(33)30-21-9-7-17(36-3)13-23(21)38-5/h7-16,25H,1-6H3,(H,30,33)(H,31,35)(H,32,34)/t25-/m1/s1. The largest absolute Gasteiger partial charge is 0.497 e. The molecule has 3 aromatic rings. The molecule has 1 atom stereocenters. The maximum absolute atomic E-state index is 13.3. The van der Waals surface area contributed by atoms with Gasteiger partial charge in [-0.15, -0.1) is 0 Å². The Hall–Kier alpha value is -4.80. The molecule has 0 radical (unpaired) electrons. The summed E-state index contributed by atoms with van der Waals surface area (Å²) >= 11 is 0. The minimum absolute atomic E-state index is 0.00274. The van der Waals surface area contributed by atoms with Crippen molar-refractivity contribution >= 4 is 29.1 Å². The van der Waals surface area contributed by atoms with Crippen LogP contribution in [0.15, 0.2) is 54.9 Å². The maximum Gasteiger partial charge on any atom is 0.256 e. The molecule has 11 nitrogen and oxygen atoms in total. The number of hydrogen-bond acceptors (Lipinski definition) is 8. The molecule has 11 heteroatoms. The zero-order valence-electron chi connectivity index (χ0n) is 22.7. The molecule has 3 N–H and O–H groups in total. The highest BCUT2D eigenvalue weighted by atomic mass is 16.5. The molecule has 0 aliphatic rings. The first-order valence-corrected chi connectivity index (χ1v) is 12.0. The molecule has 0 spiro atoms. The summed E-state index contributed by atoms with van der Waals surface area (Å²) in [5.41, 5.74) is 0.875. The smallest absolute Gasteiger partial charge is 0.256 e. The van der Waals surface area contributed by atoms with Gasteiger partial charge in [0.05, 0.1) is 50.9 Å². The average molecular weight is 537 g/mol. The number of ether oxygens (including phenoxy) is 4. The van der Waals surface area contributed by atoms with Gasteiger partial charge in [0.15, 0.2) is 0 Å². The Morgan fingerprint density at radius 2 is 1.28 bits per heavy atom. The molecule has 39 heavy (non-hydrogen) atoms. The molecule has 0 fully saturated rings. The second-order valence-electron chi connectivity index (χ2n) is 8.69. The highest BCUT2D eigenvalue weighted by molar-refractivity contribution is 6.13. The van der Waals surface area contributed by atoms with Gasteiger partial charge in [-0.25, -0.2) is 0 Å². The fourth-order valence-corrected chi connectivity index (χ4v) is 3.73. The molecule has 3 amide bonds. The van der Waals surface area contributed by atoms with E-state index in [1.54, 1.807) is 50.2 Å². The maximum atomic E-state index is 13.3. The van der Waals surface area contributed by atoms with E-state index in [1.165, 1.54) is 46.9 Å². The van der Waals surface area contributed by atoms with E-state index in [2.05, 4.69) is 20.9 Å². The van der Waals surface area contributed by atoms with Gasteiger partial charge in [0.2, 0.25) is 5.91 Å². The first-order valence-electron chi connectivity index (χ1n) is 12.0. The number of carbonyl (C=O) groups is 3. The van der Waals surface area contributed by atoms with Crippen LogP contribution in [-0.2, 0) is 4.79 Å². The number of nitrogens with zero attached hydrogens (tertiary/aromatic N) is 1. The van der Waals surface area contributed by atoms with Crippen LogP contribution in [0.25, 0.3) is 0 Å². The quantitative estimate of drug-likeness (QED) is 0.337. The van der Waals surface area contributed by atoms with Gasteiger partial charge in [0.25, 0.3) is 11.8 Å². The van der Waals surface area contributed by atoms with Crippen LogP contribution in [0.1, 0.15) is 34.6 Å². The first-order chi connectivity index (χ1) is 18.7. The third-order valence-corrected chi connectivity index (χ3v) is 5.87. The van der Waals surface area contributed by atoms with Crippen molar-refractivity contribution in [2.24, 2.45) is 5.92 Å². The summed E-state index contributed by atoms with van der Waals surface area (Å²) in [6.45, 7) is 3.59. The first kappa shape index (κ1) is 28.8. The monoisotopic (exact) mass is 536 g/mol. The van der Waals surface area contributed by atoms with E-state index in [4.69, 9.17) is 18.9 Å². The summed E-state index contributed by atoms with van der Waals surface area (Å²) in [4.78, 5) is 43.7. The van der Waals surface area contributed by atoms with Crippen molar-refractivity contribution in [2.45, 2.75) is 19.9 Å². The topological polar surface area (TPSA) is 137 Å². The van der Waals surface area contributed by atoms with E-state index in [0.717, 1.165) is 0 Å². The van der Waals surface area contributed by atoms with Crippen molar-refractivity contribution < 1.29 is 33.3 Å². The van der Waals surface area contributed by atoms with Crippen molar-refractivity contribution in [2.75, 3.05) is 39.1 Å². The van der Waals surface area contributed by atoms with E-state index >= 15 is 0 Å². The van der Waals surface area contributed by atoms with Crippen molar-refractivity contribution in [1.29, 1.82) is 0 Å². The van der Waals surface area contributed by atoms with E-state index in [0.29, 0.717) is 34.4 Å². The Labute approximate surface area is 226 Å². The lowest BCUT2D eigenvalue weighted by atomic mass is 10.0. The Bertz CT molecular complexity index is 1340. The number of nitrogens with one attached hydrogen (secondary N) is 3. The van der Waals surface area contributed by atoms with Crippen LogP contribution in [0.3, 0.4) is 0 Å². The number of hydrogen-bond donors (Lipinski definition) is 3. The summed E-state index contributed by atoms with van der Waals surface area (Å²) in [6, 6.07) is 10.4. The fourth-order valence-electron chi connectivity index (χ4n) is 3.73. The van der Waals surface area contributed by atoms with Gasteiger partial charge < -0.3 is 34.9 Å². The normalized spacial score (nSPS) is 11.3. The molecule has 1 aromatic heterocycles. The second kappa shape index (κ2) is 13.1. The van der Waals surface area contributed by atoms with Crippen LogP contribution >= 0.6 is 0 Å². The van der Waals surface area contributed by atoms with E-state index in [9.17, 15) is 14.4 Å². The summed E-state index contributed by atoms with van der Waals surface area (Å²) in [5.74, 6) is -0.0299. The molecule has 0 saturated heterocycles. The number of carbonyl (C=O) groups excluding carboxylic acids is 3. The summed E-state index contributed by atoms with van der Waals surface area (Å²) < 4.78 is 21.1. The van der Waals surface area contributed by atoms with Crippen LogP contribution in [0.4, 0.5) is 11.4 Å². The van der Waals surface area contributed by atoms with Crippen LogP contribution in [-0.4, -0.2) is 57.2 Å². The van der Waals surface area contributed by atoms with Gasteiger partial charge >= 0.3 is 0 Å². The minimum Gasteiger partial charge on any atom is -0.497 e. The third-order valence-electron chi connectivity index (χ3n) is 5.87. The molecule has 0 unspecified atom stereocenters. The third kappa shape index (κ3) is 6.95. The molecule has 206 valence electrons. The highest BCUT2D eigenvalue weighted by Gasteiger charge is 2.28. The number of anilines is 2. The summed E-state index contributed by atoms with van der Waals surface area (Å²) in [7, 11) is 5.99. The van der Waals surface area contributed by atoms with Gasteiger partial charge in [0.1, 0.15) is 29.0 Å². The van der Waals surface area contributed by atoms with E-state index in [-0.39, 0.29) is 17.0 Å². The Morgan fingerprint density at radius 3 is 1.79 bits per heavy atom. The minimum atomic E-state index is -0.929. The Balaban J connectivity index is 1.81. The van der Waals surface area contributed by atoms with Gasteiger partial charge in [-0.3, -0.25) is 19.4 Å². The lowest BCUT2D eigenvalue weighted by Crippen LogP contribution is -2.47. The van der Waals surface area contributed by atoms with Crippen LogP contribution < -0.4 is 34.9 Å². The number of methoxy groups -OCH3 is 4. The van der Waals surface area contributed by atoms with Crippen LogP contribution in [0.2, 0.25) is 0 Å². The van der Waals surface area contributed by atoms with E-state index in [1.807, 2.05) is 0 Å². The molecule has 3 rings (SSSR count). The van der Waals surface area contributed by atoms with Gasteiger partial charge in [-0.2, -0.15) is 0 Å². The summed E-state index contributed by atoms with van der Waals surface area (Å²) in [5, 5.41) is 8.27. The number of pyridine rings is 1. The SMILES string of the molecule is COc1ccc(NC(=O)c2ccncc2C(=O)N[C@@H](C(=O)Nc2ccc(OC)cc2OC)C(C)C)c(OC)c1. The number of amides is 3. The zero-order chi connectivity index (χ0) is 28.5.